The molecule has 0 saturated carbocycles. The van der Waals surface area contributed by atoms with Crippen molar-refractivity contribution < 1.29 is 0 Å². The highest BCUT2D eigenvalue weighted by molar-refractivity contribution is 6.10. The van der Waals surface area contributed by atoms with Gasteiger partial charge in [0.05, 0.1) is 6.04 Å². The highest BCUT2D eigenvalue weighted by atomic mass is 15.2. The normalized spacial score (nSPS) is 16.1. The first kappa shape index (κ1) is 25.2. The van der Waals surface area contributed by atoms with Crippen LogP contribution >= 0.6 is 0 Å². The molecule has 6 rings (SSSR count). The minimum atomic E-state index is 0.290. The zero-order chi connectivity index (χ0) is 26.6. The Morgan fingerprint density at radius 1 is 0.667 bits per heavy atom. The minimum Gasteiger partial charge on any atom is -0.360 e. The van der Waals surface area contributed by atoms with Crippen LogP contribution in [0, 0.1) is 0 Å². The number of aryl methyl sites for hydroxylation is 1. The van der Waals surface area contributed by atoms with E-state index in [9.17, 15) is 0 Å². The Bertz CT molecular complexity index is 1740. The van der Waals surface area contributed by atoms with Crippen LogP contribution in [0.4, 0.5) is 5.69 Å². The van der Waals surface area contributed by atoms with Crippen molar-refractivity contribution in [1.82, 2.24) is 4.57 Å². The second-order valence-electron chi connectivity index (χ2n) is 10.6. The first-order valence-electron chi connectivity index (χ1n) is 14.6. The summed E-state index contributed by atoms with van der Waals surface area (Å²) in [5.74, 6) is 0. The maximum Gasteiger partial charge on any atom is 0.0736 e. The molecule has 0 aliphatic carbocycles. The first-order chi connectivity index (χ1) is 19.3. The van der Waals surface area contributed by atoms with Gasteiger partial charge in [0.2, 0.25) is 0 Å². The lowest BCUT2D eigenvalue weighted by molar-refractivity contribution is 0.640. The van der Waals surface area contributed by atoms with E-state index in [4.69, 9.17) is 0 Å². The van der Waals surface area contributed by atoms with Crippen molar-refractivity contribution in [3.8, 4) is 0 Å². The molecular weight excluding hydrogens is 472 g/mol. The summed E-state index contributed by atoms with van der Waals surface area (Å²) in [6.07, 6.45) is 20.3. The molecule has 0 fully saturated rings. The van der Waals surface area contributed by atoms with Gasteiger partial charge in [0.15, 0.2) is 0 Å². The van der Waals surface area contributed by atoms with Gasteiger partial charge in [-0.15, -0.1) is 0 Å². The topological polar surface area (TPSA) is 8.17 Å². The Morgan fingerprint density at radius 2 is 1.33 bits per heavy atom. The molecule has 0 amide bonds. The summed E-state index contributed by atoms with van der Waals surface area (Å²) < 4.78 is 2.50. The van der Waals surface area contributed by atoms with Gasteiger partial charge >= 0.3 is 0 Å². The summed E-state index contributed by atoms with van der Waals surface area (Å²) in [5.41, 5.74) is 4.14. The zero-order valence-electron chi connectivity index (χ0n) is 23.2. The van der Waals surface area contributed by atoms with E-state index < -0.39 is 0 Å². The number of hydrogen-bond donors (Lipinski definition) is 0. The van der Waals surface area contributed by atoms with Gasteiger partial charge in [0, 0.05) is 45.8 Å². The van der Waals surface area contributed by atoms with Gasteiger partial charge in [-0.1, -0.05) is 124 Å². The highest BCUT2D eigenvalue weighted by Gasteiger charge is 2.28. The van der Waals surface area contributed by atoms with Crippen molar-refractivity contribution in [2.45, 2.75) is 52.1 Å². The van der Waals surface area contributed by atoms with Crippen LogP contribution in [0.25, 0.3) is 38.5 Å². The van der Waals surface area contributed by atoms with Gasteiger partial charge in [-0.25, -0.2) is 0 Å². The van der Waals surface area contributed by atoms with E-state index in [1.165, 1.54) is 74.7 Å². The molecule has 1 aliphatic rings. The van der Waals surface area contributed by atoms with Crippen LogP contribution in [0.1, 0.15) is 51.1 Å². The number of benzene rings is 4. The fourth-order valence-corrected chi connectivity index (χ4v) is 6.23. The van der Waals surface area contributed by atoms with Gasteiger partial charge < -0.3 is 9.47 Å². The number of anilines is 1. The second kappa shape index (κ2) is 11.4. The lowest BCUT2D eigenvalue weighted by Gasteiger charge is -2.26. The minimum absolute atomic E-state index is 0.290. The molecule has 39 heavy (non-hydrogen) atoms. The molecule has 0 N–H and O–H groups in total. The Balaban J connectivity index is 1.25. The number of nitrogens with zero attached hydrogens (tertiary/aromatic N) is 2. The SMILES string of the molecule is CCCCN1c2cccc3cccc(c23)C1C=CC=CC=CC=c1c2cccc3cccc(c32)n1CCCC. The average molecular weight is 511 g/mol. The summed E-state index contributed by atoms with van der Waals surface area (Å²) in [7, 11) is 0. The van der Waals surface area contributed by atoms with E-state index in [1.807, 2.05) is 0 Å². The third-order valence-electron chi connectivity index (χ3n) is 8.10. The molecule has 0 bridgehead atoms. The third-order valence-corrected chi connectivity index (χ3v) is 8.10. The molecule has 1 unspecified atom stereocenters. The lowest BCUT2D eigenvalue weighted by atomic mass is 10.0. The molecule has 0 saturated heterocycles. The van der Waals surface area contributed by atoms with Crippen LogP contribution in [0.15, 0.2) is 109 Å². The Hall–Kier alpha value is -4.04. The van der Waals surface area contributed by atoms with E-state index >= 15 is 0 Å². The molecule has 2 nitrogen and oxygen atoms in total. The fourth-order valence-electron chi connectivity index (χ4n) is 6.23. The van der Waals surface area contributed by atoms with Crippen molar-refractivity contribution in [3.05, 3.63) is 120 Å². The maximum atomic E-state index is 2.58. The zero-order valence-corrected chi connectivity index (χ0v) is 23.2. The summed E-state index contributed by atoms with van der Waals surface area (Å²) in [6.45, 7) is 6.67. The molecule has 0 spiro atoms. The van der Waals surface area contributed by atoms with Crippen LogP contribution < -0.4 is 10.2 Å². The number of rotatable bonds is 10. The summed E-state index contributed by atoms with van der Waals surface area (Å²) in [5, 5.41) is 8.11. The highest BCUT2D eigenvalue weighted by Crippen LogP contribution is 2.44. The maximum absolute atomic E-state index is 2.58. The van der Waals surface area contributed by atoms with Gasteiger partial charge in [-0.05, 0) is 47.4 Å². The van der Waals surface area contributed by atoms with Crippen LogP contribution in [0.2, 0.25) is 0 Å². The standard InChI is InChI=1S/C37H38N2/c1-3-5-26-38-32(30-20-12-16-28-18-14-24-34(38)36(28)30)22-10-8-7-9-11-23-33-31-21-13-17-29-19-15-25-35(37(29)31)39(33)27-6-4-2/h7-25,32H,3-6,26-27H2,1-2H3. The number of aromatic nitrogens is 1. The molecule has 2 heterocycles. The van der Waals surface area contributed by atoms with E-state index in [-0.39, 0.29) is 6.04 Å². The van der Waals surface area contributed by atoms with Gasteiger partial charge in [0.25, 0.3) is 0 Å². The molecule has 1 atom stereocenters. The van der Waals surface area contributed by atoms with Gasteiger partial charge in [-0.3, -0.25) is 0 Å². The van der Waals surface area contributed by atoms with Crippen molar-refractivity contribution in [3.63, 3.8) is 0 Å². The van der Waals surface area contributed by atoms with Crippen LogP contribution in [0.5, 0.6) is 0 Å². The third kappa shape index (κ3) is 4.69. The number of unbranched alkanes of at least 4 members (excludes halogenated alkanes) is 2. The van der Waals surface area contributed by atoms with Gasteiger partial charge in [-0.2, -0.15) is 0 Å². The summed E-state index contributed by atoms with van der Waals surface area (Å²) in [6, 6.07) is 27.1. The fraction of sp³-hybridized carbons (Fsp3) is 0.243. The molecule has 5 aromatic rings. The van der Waals surface area contributed by atoms with Crippen molar-refractivity contribution in [2.75, 3.05) is 11.4 Å². The molecular formula is C37H38N2. The van der Waals surface area contributed by atoms with Crippen LogP contribution in [-0.2, 0) is 6.54 Å². The van der Waals surface area contributed by atoms with Crippen LogP contribution in [-0.4, -0.2) is 11.1 Å². The van der Waals surface area contributed by atoms with Crippen LogP contribution in [0.3, 0.4) is 0 Å². The summed E-state index contributed by atoms with van der Waals surface area (Å²) >= 11 is 0. The van der Waals surface area contributed by atoms with E-state index in [1.54, 1.807) is 0 Å². The van der Waals surface area contributed by atoms with Crippen molar-refractivity contribution in [2.24, 2.45) is 0 Å². The molecule has 196 valence electrons. The quantitative estimate of drug-likeness (QED) is 0.170. The monoisotopic (exact) mass is 510 g/mol. The average Bonchev–Trinajstić information content (AvgIpc) is 3.44. The largest absolute Gasteiger partial charge is 0.360 e. The van der Waals surface area contributed by atoms with E-state index in [2.05, 4.69) is 139 Å². The lowest BCUT2D eigenvalue weighted by Crippen LogP contribution is -2.24. The van der Waals surface area contributed by atoms with Crippen molar-refractivity contribution >= 4 is 44.2 Å². The Morgan fingerprint density at radius 3 is 2.15 bits per heavy atom. The molecule has 0 radical (unpaired) electrons. The molecule has 4 aromatic carbocycles. The number of hydrogen-bond acceptors (Lipinski definition) is 1. The van der Waals surface area contributed by atoms with E-state index in [0.717, 1.165) is 13.1 Å². The molecule has 2 heteroatoms. The number of allylic oxidation sites excluding steroid dienone is 5. The predicted octanol–water partition coefficient (Wildman–Crippen LogP) is 9.28. The first-order valence-corrected chi connectivity index (χ1v) is 14.6. The van der Waals surface area contributed by atoms with E-state index in [0.29, 0.717) is 0 Å². The second-order valence-corrected chi connectivity index (χ2v) is 10.6. The smallest absolute Gasteiger partial charge is 0.0736 e. The predicted molar refractivity (Wildman–Crippen MR) is 170 cm³/mol. The van der Waals surface area contributed by atoms with Crippen molar-refractivity contribution in [1.29, 1.82) is 0 Å². The summed E-state index contributed by atoms with van der Waals surface area (Å²) in [4.78, 5) is 2.58. The Kier molecular flexibility index (Phi) is 7.36. The Labute approximate surface area is 232 Å². The molecule has 1 aromatic heterocycles. The molecule has 1 aliphatic heterocycles. The van der Waals surface area contributed by atoms with Gasteiger partial charge in [0.1, 0.15) is 0 Å².